The van der Waals surface area contributed by atoms with Gasteiger partial charge in [-0.05, 0) is 47.7 Å². The minimum atomic E-state index is 0.0292. The molecule has 2 aromatic rings. The summed E-state index contributed by atoms with van der Waals surface area (Å²) >= 11 is 0. The highest BCUT2D eigenvalue weighted by Crippen LogP contribution is 2.44. The third-order valence-corrected chi connectivity index (χ3v) is 6.04. The summed E-state index contributed by atoms with van der Waals surface area (Å²) in [7, 11) is 4.04. The molecular weight excluding hydrogens is 346 g/mol. The largest absolute Gasteiger partial charge is 0.380 e. The van der Waals surface area contributed by atoms with E-state index in [0.29, 0.717) is 0 Å². The predicted octanol–water partition coefficient (Wildman–Crippen LogP) is 4.37. The fourth-order valence-corrected chi connectivity index (χ4v) is 4.60. The zero-order chi connectivity index (χ0) is 19.8. The van der Waals surface area contributed by atoms with Crippen molar-refractivity contribution in [3.63, 3.8) is 0 Å². The topological polar surface area (TPSA) is 35.6 Å². The van der Waals surface area contributed by atoms with Crippen molar-refractivity contribution >= 4 is 17.2 Å². The molecule has 146 valence electrons. The molecule has 2 aliphatic rings. The standard InChI is InChI=1S/C24H29N3O/c1-5-21(26(3)4)22-19-14-18(16-10-8-7-9-11-16)17-12-13-27(6-2)15-20(17)23(19)25-24(22)28/h7-11,14H,5-6,12-13,15H2,1-4H3,(H,25,28)/b22-21-. The lowest BCUT2D eigenvalue weighted by atomic mass is 9.86. The van der Waals surface area contributed by atoms with Crippen LogP contribution >= 0.6 is 0 Å². The molecule has 0 saturated carbocycles. The van der Waals surface area contributed by atoms with Crippen molar-refractivity contribution in [1.82, 2.24) is 9.80 Å². The van der Waals surface area contributed by atoms with E-state index in [4.69, 9.17) is 0 Å². The number of carbonyl (C=O) groups is 1. The van der Waals surface area contributed by atoms with Crippen LogP contribution in [-0.4, -0.2) is 42.9 Å². The Bertz CT molecular complexity index is 944. The maximum Gasteiger partial charge on any atom is 0.258 e. The summed E-state index contributed by atoms with van der Waals surface area (Å²) < 4.78 is 0. The van der Waals surface area contributed by atoms with Gasteiger partial charge in [-0.2, -0.15) is 0 Å². The van der Waals surface area contributed by atoms with Gasteiger partial charge in [-0.3, -0.25) is 9.69 Å². The lowest BCUT2D eigenvalue weighted by Crippen LogP contribution is -2.31. The van der Waals surface area contributed by atoms with Gasteiger partial charge in [0.2, 0.25) is 0 Å². The third kappa shape index (κ3) is 3.02. The van der Waals surface area contributed by atoms with Crippen LogP contribution in [0.4, 0.5) is 5.69 Å². The number of allylic oxidation sites excluding steroid dienone is 1. The minimum Gasteiger partial charge on any atom is -0.380 e. The quantitative estimate of drug-likeness (QED) is 0.806. The number of hydrogen-bond donors (Lipinski definition) is 1. The molecule has 2 aliphatic heterocycles. The van der Waals surface area contributed by atoms with Crippen LogP contribution in [0.5, 0.6) is 0 Å². The number of rotatable bonds is 4. The van der Waals surface area contributed by atoms with E-state index in [1.807, 2.05) is 14.1 Å². The fraction of sp³-hybridized carbons (Fsp3) is 0.375. The van der Waals surface area contributed by atoms with E-state index in [1.165, 1.54) is 22.3 Å². The smallest absolute Gasteiger partial charge is 0.258 e. The van der Waals surface area contributed by atoms with Crippen molar-refractivity contribution < 1.29 is 4.79 Å². The van der Waals surface area contributed by atoms with Crippen molar-refractivity contribution in [3.8, 4) is 11.1 Å². The molecule has 0 radical (unpaired) electrons. The molecule has 0 aromatic heterocycles. The first-order chi connectivity index (χ1) is 13.5. The van der Waals surface area contributed by atoms with Gasteiger partial charge >= 0.3 is 0 Å². The second-order valence-electron chi connectivity index (χ2n) is 7.81. The van der Waals surface area contributed by atoms with Gasteiger partial charge < -0.3 is 10.2 Å². The lowest BCUT2D eigenvalue weighted by Gasteiger charge is -2.31. The Morgan fingerprint density at radius 3 is 2.50 bits per heavy atom. The van der Waals surface area contributed by atoms with Crippen LogP contribution in [0.2, 0.25) is 0 Å². The van der Waals surface area contributed by atoms with Crippen molar-refractivity contribution in [2.24, 2.45) is 0 Å². The molecule has 4 heteroatoms. The van der Waals surface area contributed by atoms with Crippen molar-refractivity contribution in [2.75, 3.05) is 32.5 Å². The normalized spacial score (nSPS) is 17.8. The predicted molar refractivity (Wildman–Crippen MR) is 116 cm³/mol. The van der Waals surface area contributed by atoms with E-state index in [1.54, 1.807) is 0 Å². The summed E-state index contributed by atoms with van der Waals surface area (Å²) in [5.74, 6) is 0.0292. The van der Waals surface area contributed by atoms with Gasteiger partial charge in [-0.15, -0.1) is 0 Å². The van der Waals surface area contributed by atoms with E-state index >= 15 is 0 Å². The second kappa shape index (κ2) is 7.44. The second-order valence-corrected chi connectivity index (χ2v) is 7.81. The first kappa shape index (κ1) is 18.8. The van der Waals surface area contributed by atoms with Gasteiger partial charge in [-0.1, -0.05) is 44.2 Å². The van der Waals surface area contributed by atoms with Crippen LogP contribution < -0.4 is 5.32 Å². The molecule has 0 spiro atoms. The Hall–Kier alpha value is -2.59. The molecule has 0 aliphatic carbocycles. The molecule has 4 rings (SSSR count). The van der Waals surface area contributed by atoms with Gasteiger partial charge in [0.15, 0.2) is 0 Å². The maximum atomic E-state index is 13.0. The summed E-state index contributed by atoms with van der Waals surface area (Å²) in [6.45, 7) is 7.31. The van der Waals surface area contributed by atoms with E-state index in [9.17, 15) is 4.79 Å². The summed E-state index contributed by atoms with van der Waals surface area (Å²) in [5.41, 5.74) is 9.18. The molecule has 28 heavy (non-hydrogen) atoms. The maximum absolute atomic E-state index is 13.0. The zero-order valence-corrected chi connectivity index (χ0v) is 17.3. The van der Waals surface area contributed by atoms with E-state index < -0.39 is 0 Å². The minimum absolute atomic E-state index is 0.0292. The first-order valence-corrected chi connectivity index (χ1v) is 10.2. The summed E-state index contributed by atoms with van der Waals surface area (Å²) in [4.78, 5) is 17.5. The number of amides is 1. The highest BCUT2D eigenvalue weighted by atomic mass is 16.2. The van der Waals surface area contributed by atoms with Crippen LogP contribution in [0.3, 0.4) is 0 Å². The van der Waals surface area contributed by atoms with Gasteiger partial charge in [0, 0.05) is 38.4 Å². The Labute approximate surface area is 167 Å². The highest BCUT2D eigenvalue weighted by molar-refractivity contribution is 6.32. The lowest BCUT2D eigenvalue weighted by molar-refractivity contribution is -0.110. The Morgan fingerprint density at radius 1 is 1.11 bits per heavy atom. The Balaban J connectivity index is 2.00. The highest BCUT2D eigenvalue weighted by Gasteiger charge is 2.34. The van der Waals surface area contributed by atoms with Crippen LogP contribution in [0.15, 0.2) is 42.1 Å². The van der Waals surface area contributed by atoms with E-state index in [-0.39, 0.29) is 5.91 Å². The van der Waals surface area contributed by atoms with Gasteiger partial charge in [0.1, 0.15) is 0 Å². The molecule has 0 saturated heterocycles. The van der Waals surface area contributed by atoms with Gasteiger partial charge in [0.05, 0.1) is 11.3 Å². The molecular formula is C24H29N3O. The summed E-state index contributed by atoms with van der Waals surface area (Å²) in [5, 5.41) is 3.22. The van der Waals surface area contributed by atoms with Crippen LogP contribution in [0.1, 0.15) is 37.0 Å². The van der Waals surface area contributed by atoms with Crippen LogP contribution in [0, 0.1) is 0 Å². The number of likely N-dealkylation sites (N-methyl/N-ethyl adjacent to an activating group) is 1. The number of carbonyl (C=O) groups excluding carboxylic acids is 1. The molecule has 4 nitrogen and oxygen atoms in total. The van der Waals surface area contributed by atoms with Gasteiger partial charge in [0.25, 0.3) is 5.91 Å². The average Bonchev–Trinajstić information content (AvgIpc) is 3.04. The number of nitrogens with zero attached hydrogens (tertiary/aromatic N) is 2. The third-order valence-electron chi connectivity index (χ3n) is 6.04. The zero-order valence-electron chi connectivity index (χ0n) is 17.3. The van der Waals surface area contributed by atoms with Gasteiger partial charge in [-0.25, -0.2) is 0 Å². The van der Waals surface area contributed by atoms with E-state index in [2.05, 4.69) is 65.4 Å². The molecule has 0 unspecified atom stereocenters. The van der Waals surface area contributed by atoms with Crippen LogP contribution in [0.25, 0.3) is 16.7 Å². The Morgan fingerprint density at radius 2 is 1.86 bits per heavy atom. The average molecular weight is 376 g/mol. The number of fused-ring (bicyclic) bond motifs is 3. The SMILES string of the molecule is CC/C(=C1/C(=O)Nc2c1cc(-c1ccccc1)c1c2CN(CC)CC1)N(C)C. The van der Waals surface area contributed by atoms with Crippen molar-refractivity contribution in [2.45, 2.75) is 33.2 Å². The van der Waals surface area contributed by atoms with Crippen molar-refractivity contribution in [3.05, 3.63) is 58.8 Å². The van der Waals surface area contributed by atoms with Crippen molar-refractivity contribution in [1.29, 1.82) is 0 Å². The molecule has 1 N–H and O–H groups in total. The summed E-state index contributed by atoms with van der Waals surface area (Å²) in [6, 6.07) is 12.8. The number of anilines is 1. The molecule has 1 amide bonds. The Kier molecular flexibility index (Phi) is 4.98. The molecule has 0 fully saturated rings. The molecule has 0 bridgehead atoms. The monoisotopic (exact) mass is 375 g/mol. The number of hydrogen-bond acceptors (Lipinski definition) is 3. The molecule has 2 aromatic carbocycles. The summed E-state index contributed by atoms with van der Waals surface area (Å²) in [6.07, 6.45) is 1.85. The first-order valence-electron chi connectivity index (χ1n) is 10.2. The molecule has 0 atom stereocenters. The molecule has 2 heterocycles. The fourth-order valence-electron chi connectivity index (χ4n) is 4.60. The number of benzene rings is 2. The number of nitrogens with one attached hydrogen (secondary N) is 1. The van der Waals surface area contributed by atoms with Crippen LogP contribution in [-0.2, 0) is 17.8 Å². The van der Waals surface area contributed by atoms with E-state index in [0.717, 1.165) is 55.0 Å².